The SMILES string of the molecule is CC(C)(C)c1csc(Cc2ccccc2)c1C(C)(C)C. The van der Waals surface area contributed by atoms with Crippen LogP contribution < -0.4 is 0 Å². The van der Waals surface area contributed by atoms with Crippen molar-refractivity contribution in [2.45, 2.75) is 58.8 Å². The third-order valence-electron chi connectivity index (χ3n) is 3.63. The van der Waals surface area contributed by atoms with Crippen LogP contribution in [0.3, 0.4) is 0 Å². The highest BCUT2D eigenvalue weighted by molar-refractivity contribution is 7.10. The molecule has 2 aromatic rings. The van der Waals surface area contributed by atoms with Crippen LogP contribution in [0.1, 0.15) is 63.1 Å². The lowest BCUT2D eigenvalue weighted by atomic mass is 9.76. The first-order valence-corrected chi connectivity index (χ1v) is 8.23. The minimum atomic E-state index is 0.201. The molecule has 2 rings (SSSR count). The van der Waals surface area contributed by atoms with Gasteiger partial charge in [-0.2, -0.15) is 0 Å². The quantitative estimate of drug-likeness (QED) is 0.641. The molecule has 0 unspecified atom stereocenters. The Labute approximate surface area is 127 Å². The lowest BCUT2D eigenvalue weighted by molar-refractivity contribution is 0.531. The Kier molecular flexibility index (Phi) is 4.11. The molecule has 0 fully saturated rings. The van der Waals surface area contributed by atoms with Crippen LogP contribution in [0.15, 0.2) is 35.7 Å². The van der Waals surface area contributed by atoms with Crippen LogP contribution in [-0.4, -0.2) is 0 Å². The van der Waals surface area contributed by atoms with E-state index in [1.807, 2.05) is 11.3 Å². The first-order chi connectivity index (χ1) is 9.19. The normalized spacial score (nSPS) is 12.7. The fraction of sp³-hybridized carbons (Fsp3) is 0.474. The van der Waals surface area contributed by atoms with E-state index in [1.165, 1.54) is 16.0 Å². The molecule has 0 N–H and O–H groups in total. The van der Waals surface area contributed by atoms with Gasteiger partial charge in [-0.3, -0.25) is 0 Å². The van der Waals surface area contributed by atoms with Gasteiger partial charge in [0.25, 0.3) is 0 Å². The van der Waals surface area contributed by atoms with Crippen LogP contribution in [-0.2, 0) is 17.3 Å². The maximum Gasteiger partial charge on any atom is 0.0129 e. The van der Waals surface area contributed by atoms with E-state index in [-0.39, 0.29) is 10.8 Å². The Hall–Kier alpha value is -1.08. The van der Waals surface area contributed by atoms with Gasteiger partial charge in [-0.15, -0.1) is 11.3 Å². The van der Waals surface area contributed by atoms with E-state index in [0.717, 1.165) is 6.42 Å². The summed E-state index contributed by atoms with van der Waals surface area (Å²) in [6.07, 6.45) is 1.05. The molecule has 0 aliphatic heterocycles. The minimum absolute atomic E-state index is 0.201. The zero-order valence-corrected chi connectivity index (χ0v) is 14.4. The van der Waals surface area contributed by atoms with E-state index in [1.54, 1.807) is 5.56 Å². The smallest absolute Gasteiger partial charge is 0.0129 e. The maximum atomic E-state index is 2.37. The summed E-state index contributed by atoms with van der Waals surface area (Å²) in [5.41, 5.74) is 4.89. The second-order valence-corrected chi connectivity index (χ2v) is 8.57. The lowest BCUT2D eigenvalue weighted by Gasteiger charge is -2.28. The predicted octanol–water partition coefficient (Wildman–Crippen LogP) is 5.93. The molecule has 0 aliphatic rings. The summed E-state index contributed by atoms with van der Waals surface area (Å²) in [5, 5.41) is 2.37. The lowest BCUT2D eigenvalue weighted by Crippen LogP contribution is -2.21. The standard InChI is InChI=1S/C19H26S/c1-18(2,3)15-13-20-16(17(15)19(4,5)6)12-14-10-8-7-9-11-14/h7-11,13H,12H2,1-6H3. The summed E-state index contributed by atoms with van der Waals surface area (Å²) in [6.45, 7) is 13.9. The van der Waals surface area contributed by atoms with E-state index in [2.05, 4.69) is 77.3 Å². The summed E-state index contributed by atoms with van der Waals surface area (Å²) in [7, 11) is 0. The molecular formula is C19H26S. The van der Waals surface area contributed by atoms with E-state index in [0.29, 0.717) is 0 Å². The Morgan fingerprint density at radius 1 is 0.850 bits per heavy atom. The van der Waals surface area contributed by atoms with Gasteiger partial charge in [0.15, 0.2) is 0 Å². The summed E-state index contributed by atoms with van der Waals surface area (Å²) in [5.74, 6) is 0. The summed E-state index contributed by atoms with van der Waals surface area (Å²) in [4.78, 5) is 1.52. The van der Waals surface area contributed by atoms with Crippen molar-refractivity contribution >= 4 is 11.3 Å². The third kappa shape index (κ3) is 3.32. The van der Waals surface area contributed by atoms with Crippen molar-refractivity contribution in [2.75, 3.05) is 0 Å². The molecule has 1 aromatic heterocycles. The highest BCUT2D eigenvalue weighted by Crippen LogP contribution is 2.40. The van der Waals surface area contributed by atoms with E-state index >= 15 is 0 Å². The Morgan fingerprint density at radius 3 is 1.95 bits per heavy atom. The van der Waals surface area contributed by atoms with Crippen LogP contribution in [0.5, 0.6) is 0 Å². The van der Waals surface area contributed by atoms with Gasteiger partial charge in [0.2, 0.25) is 0 Å². The van der Waals surface area contributed by atoms with Crippen molar-refractivity contribution < 1.29 is 0 Å². The third-order valence-corrected chi connectivity index (χ3v) is 4.62. The highest BCUT2D eigenvalue weighted by atomic mass is 32.1. The Balaban J connectivity index is 2.47. The minimum Gasteiger partial charge on any atom is -0.148 e. The number of rotatable bonds is 2. The average Bonchev–Trinajstić information content (AvgIpc) is 2.73. The first-order valence-electron chi connectivity index (χ1n) is 7.35. The van der Waals surface area contributed by atoms with Crippen molar-refractivity contribution in [2.24, 2.45) is 0 Å². The number of hydrogen-bond donors (Lipinski definition) is 0. The Bertz CT molecular complexity index is 562. The van der Waals surface area contributed by atoms with Gasteiger partial charge in [-0.05, 0) is 32.9 Å². The number of benzene rings is 1. The van der Waals surface area contributed by atoms with Gasteiger partial charge < -0.3 is 0 Å². The summed E-state index contributed by atoms with van der Waals surface area (Å²) in [6, 6.07) is 10.8. The molecule has 0 atom stereocenters. The predicted molar refractivity (Wildman–Crippen MR) is 91.0 cm³/mol. The van der Waals surface area contributed by atoms with Gasteiger partial charge in [0.05, 0.1) is 0 Å². The molecule has 0 amide bonds. The molecule has 0 spiro atoms. The topological polar surface area (TPSA) is 0 Å². The monoisotopic (exact) mass is 286 g/mol. The van der Waals surface area contributed by atoms with E-state index in [4.69, 9.17) is 0 Å². The number of thiophene rings is 1. The molecule has 0 saturated carbocycles. The molecule has 1 heterocycles. The molecule has 0 bridgehead atoms. The average molecular weight is 286 g/mol. The molecular weight excluding hydrogens is 260 g/mol. The molecule has 0 saturated heterocycles. The molecule has 108 valence electrons. The second kappa shape index (κ2) is 5.37. The van der Waals surface area contributed by atoms with Gasteiger partial charge in [0.1, 0.15) is 0 Å². The fourth-order valence-corrected chi connectivity index (χ4v) is 4.20. The molecule has 1 aromatic carbocycles. The van der Waals surface area contributed by atoms with Gasteiger partial charge in [-0.1, -0.05) is 71.9 Å². The second-order valence-electron chi connectivity index (χ2n) is 7.61. The number of hydrogen-bond acceptors (Lipinski definition) is 1. The largest absolute Gasteiger partial charge is 0.148 e. The zero-order chi connectivity index (χ0) is 15.0. The van der Waals surface area contributed by atoms with Gasteiger partial charge in [0, 0.05) is 11.3 Å². The summed E-state index contributed by atoms with van der Waals surface area (Å²) < 4.78 is 0. The molecule has 20 heavy (non-hydrogen) atoms. The van der Waals surface area contributed by atoms with Gasteiger partial charge in [-0.25, -0.2) is 0 Å². The molecule has 0 aliphatic carbocycles. The van der Waals surface area contributed by atoms with Crippen LogP contribution in [0.4, 0.5) is 0 Å². The van der Waals surface area contributed by atoms with Crippen molar-refractivity contribution in [1.82, 2.24) is 0 Å². The van der Waals surface area contributed by atoms with Crippen LogP contribution in [0, 0.1) is 0 Å². The van der Waals surface area contributed by atoms with Crippen LogP contribution in [0.25, 0.3) is 0 Å². The molecule has 0 nitrogen and oxygen atoms in total. The highest BCUT2D eigenvalue weighted by Gasteiger charge is 2.29. The van der Waals surface area contributed by atoms with Crippen LogP contribution in [0.2, 0.25) is 0 Å². The molecule has 0 radical (unpaired) electrons. The van der Waals surface area contributed by atoms with Crippen molar-refractivity contribution in [3.63, 3.8) is 0 Å². The van der Waals surface area contributed by atoms with Crippen molar-refractivity contribution in [1.29, 1.82) is 0 Å². The fourth-order valence-electron chi connectivity index (χ4n) is 2.68. The first kappa shape index (κ1) is 15.3. The molecule has 1 heteroatoms. The van der Waals surface area contributed by atoms with E-state index in [9.17, 15) is 0 Å². The maximum absolute atomic E-state index is 2.37. The van der Waals surface area contributed by atoms with Crippen molar-refractivity contribution in [3.8, 4) is 0 Å². The Morgan fingerprint density at radius 2 is 1.45 bits per heavy atom. The zero-order valence-electron chi connectivity index (χ0n) is 13.6. The summed E-state index contributed by atoms with van der Waals surface area (Å²) >= 11 is 1.92. The van der Waals surface area contributed by atoms with E-state index < -0.39 is 0 Å². The van der Waals surface area contributed by atoms with Gasteiger partial charge >= 0.3 is 0 Å². The van der Waals surface area contributed by atoms with Crippen LogP contribution >= 0.6 is 11.3 Å². The van der Waals surface area contributed by atoms with Crippen molar-refractivity contribution in [3.05, 3.63) is 57.3 Å².